The number of aromatic nitrogens is 2. The van der Waals surface area contributed by atoms with Crippen LogP contribution in [0.3, 0.4) is 0 Å². The number of halogens is 1. The molecule has 0 radical (unpaired) electrons. The van der Waals surface area contributed by atoms with Gasteiger partial charge in [0.1, 0.15) is 12.1 Å². The van der Waals surface area contributed by atoms with Crippen LogP contribution in [0.4, 0.5) is 5.69 Å². The van der Waals surface area contributed by atoms with Gasteiger partial charge in [0.05, 0.1) is 15.8 Å². The van der Waals surface area contributed by atoms with Crippen molar-refractivity contribution < 1.29 is 14.5 Å². The summed E-state index contributed by atoms with van der Waals surface area (Å²) in [5.41, 5.74) is 2.97. The van der Waals surface area contributed by atoms with Gasteiger partial charge in [-0.1, -0.05) is 41.9 Å². The third-order valence-electron chi connectivity index (χ3n) is 4.98. The minimum Gasteiger partial charge on any atom is -0.438 e. The van der Waals surface area contributed by atoms with Gasteiger partial charge < -0.3 is 4.74 Å². The lowest BCUT2D eigenvalue weighted by atomic mass is 10.1. The van der Waals surface area contributed by atoms with Gasteiger partial charge in [-0.15, -0.1) is 0 Å². The first-order chi connectivity index (χ1) is 16.4. The van der Waals surface area contributed by atoms with Crippen molar-refractivity contribution >= 4 is 46.1 Å². The number of carbonyl (C=O) groups excluding carboxylic acids is 1. The number of para-hydroxylation sites is 1. The first-order valence-corrected chi connectivity index (χ1v) is 10.6. The fourth-order valence-corrected chi connectivity index (χ4v) is 3.41. The summed E-state index contributed by atoms with van der Waals surface area (Å²) in [7, 11) is 0. The molecule has 0 unspecified atom stereocenters. The van der Waals surface area contributed by atoms with Gasteiger partial charge in [-0.3, -0.25) is 14.9 Å². The van der Waals surface area contributed by atoms with E-state index >= 15 is 0 Å². The molecule has 8 heteroatoms. The second kappa shape index (κ2) is 10.1. The standard InChI is InChI=1S/C26H18ClN3O4/c1-17-3-2-4-23-25(17)28-16-29-26(23)34-22-12-6-18(7-13-22)5-10-21(31)11-8-19-15-20(30(32)33)9-14-24(19)27/h2-16H,1H3/b10-5+,11-8+. The number of rotatable bonds is 7. The number of hydrogen-bond acceptors (Lipinski definition) is 6. The Morgan fingerprint density at radius 3 is 2.56 bits per heavy atom. The zero-order valence-electron chi connectivity index (χ0n) is 18.0. The molecule has 0 saturated carbocycles. The zero-order chi connectivity index (χ0) is 24.1. The highest BCUT2D eigenvalue weighted by Crippen LogP contribution is 2.28. The average Bonchev–Trinajstić information content (AvgIpc) is 2.83. The van der Waals surface area contributed by atoms with E-state index in [1.165, 1.54) is 42.8 Å². The van der Waals surface area contributed by atoms with Crippen LogP contribution < -0.4 is 4.74 Å². The van der Waals surface area contributed by atoms with E-state index in [0.29, 0.717) is 22.2 Å². The maximum absolute atomic E-state index is 12.2. The largest absolute Gasteiger partial charge is 0.438 e. The predicted molar refractivity (Wildman–Crippen MR) is 132 cm³/mol. The Hall–Kier alpha value is -4.36. The molecule has 1 heterocycles. The van der Waals surface area contributed by atoms with Crippen molar-refractivity contribution in [2.75, 3.05) is 0 Å². The second-order valence-electron chi connectivity index (χ2n) is 7.35. The molecule has 168 valence electrons. The van der Waals surface area contributed by atoms with Gasteiger partial charge in [-0.05, 0) is 66.1 Å². The molecular formula is C26H18ClN3O4. The van der Waals surface area contributed by atoms with Gasteiger partial charge >= 0.3 is 0 Å². The Morgan fingerprint density at radius 1 is 1.03 bits per heavy atom. The number of aryl methyl sites for hydroxylation is 1. The number of ketones is 1. The van der Waals surface area contributed by atoms with Gasteiger partial charge in [0.2, 0.25) is 5.88 Å². The number of fused-ring (bicyclic) bond motifs is 1. The van der Waals surface area contributed by atoms with Crippen LogP contribution in [0.1, 0.15) is 16.7 Å². The van der Waals surface area contributed by atoms with Crippen molar-refractivity contribution in [3.63, 3.8) is 0 Å². The van der Waals surface area contributed by atoms with Crippen LogP contribution in [0, 0.1) is 17.0 Å². The maximum Gasteiger partial charge on any atom is 0.270 e. The summed E-state index contributed by atoms with van der Waals surface area (Å²) in [6.07, 6.45) is 7.29. The van der Waals surface area contributed by atoms with Gasteiger partial charge in [0, 0.05) is 17.2 Å². The number of allylic oxidation sites excluding steroid dienone is 2. The summed E-state index contributed by atoms with van der Waals surface area (Å²) in [5.74, 6) is 0.785. The lowest BCUT2D eigenvalue weighted by molar-refractivity contribution is -0.384. The predicted octanol–water partition coefficient (Wildman–Crippen LogP) is 6.59. The van der Waals surface area contributed by atoms with Crippen molar-refractivity contribution in [3.8, 4) is 11.6 Å². The van der Waals surface area contributed by atoms with Crippen molar-refractivity contribution in [2.45, 2.75) is 6.92 Å². The summed E-state index contributed by atoms with van der Waals surface area (Å²) in [5, 5.41) is 12.1. The Bertz CT molecular complexity index is 1450. The molecule has 3 aromatic carbocycles. The van der Waals surface area contributed by atoms with Crippen LogP contribution in [-0.2, 0) is 4.79 Å². The molecule has 1 aromatic heterocycles. The van der Waals surface area contributed by atoms with Crippen LogP contribution in [0.5, 0.6) is 11.6 Å². The molecule has 0 aliphatic carbocycles. The SMILES string of the molecule is Cc1cccc2c(Oc3ccc(/C=C/C(=O)/C=C/c4cc([N+](=O)[O-])ccc4Cl)cc3)ncnc12. The van der Waals surface area contributed by atoms with E-state index in [2.05, 4.69) is 9.97 Å². The van der Waals surface area contributed by atoms with Crippen molar-refractivity contribution in [3.05, 3.63) is 111 Å². The van der Waals surface area contributed by atoms with Gasteiger partial charge in [-0.25, -0.2) is 9.97 Å². The monoisotopic (exact) mass is 471 g/mol. The fourth-order valence-electron chi connectivity index (χ4n) is 3.23. The molecule has 0 spiro atoms. The highest BCUT2D eigenvalue weighted by molar-refractivity contribution is 6.32. The lowest BCUT2D eigenvalue weighted by Gasteiger charge is -2.08. The molecule has 34 heavy (non-hydrogen) atoms. The van der Waals surface area contributed by atoms with Crippen LogP contribution in [-0.4, -0.2) is 20.7 Å². The molecule has 7 nitrogen and oxygen atoms in total. The molecule has 4 rings (SSSR count). The topological polar surface area (TPSA) is 95.2 Å². The van der Waals surface area contributed by atoms with Gasteiger partial charge in [0.25, 0.3) is 5.69 Å². The molecule has 0 fully saturated rings. The van der Waals surface area contributed by atoms with E-state index in [1.807, 2.05) is 37.3 Å². The van der Waals surface area contributed by atoms with E-state index in [1.54, 1.807) is 18.2 Å². The minimum atomic E-state index is -0.517. The molecule has 0 saturated heterocycles. The molecule has 4 aromatic rings. The third kappa shape index (κ3) is 5.33. The fraction of sp³-hybridized carbons (Fsp3) is 0.0385. The number of ether oxygens (including phenoxy) is 1. The van der Waals surface area contributed by atoms with Crippen LogP contribution in [0.25, 0.3) is 23.1 Å². The molecule has 0 aliphatic heterocycles. The quantitative estimate of drug-likeness (QED) is 0.171. The highest BCUT2D eigenvalue weighted by Gasteiger charge is 2.09. The summed E-state index contributed by atoms with van der Waals surface area (Å²) < 4.78 is 5.94. The van der Waals surface area contributed by atoms with Crippen LogP contribution in [0.2, 0.25) is 5.02 Å². The third-order valence-corrected chi connectivity index (χ3v) is 5.33. The first-order valence-electron chi connectivity index (χ1n) is 10.2. The van der Waals surface area contributed by atoms with Gasteiger partial charge in [0.15, 0.2) is 5.78 Å². The smallest absolute Gasteiger partial charge is 0.270 e. The molecule has 0 amide bonds. The van der Waals surface area contributed by atoms with E-state index in [9.17, 15) is 14.9 Å². The Balaban J connectivity index is 1.43. The van der Waals surface area contributed by atoms with Crippen LogP contribution >= 0.6 is 11.6 Å². The number of nitrogens with zero attached hydrogens (tertiary/aromatic N) is 3. The number of benzene rings is 3. The van der Waals surface area contributed by atoms with Crippen LogP contribution in [0.15, 0.2) is 79.1 Å². The molecule has 0 N–H and O–H groups in total. The molecule has 0 aliphatic rings. The van der Waals surface area contributed by atoms with E-state index in [-0.39, 0.29) is 11.5 Å². The number of nitro groups is 1. The number of carbonyl (C=O) groups is 1. The maximum atomic E-state index is 12.2. The average molecular weight is 472 g/mol. The van der Waals surface area contributed by atoms with Crippen molar-refractivity contribution in [2.24, 2.45) is 0 Å². The summed E-state index contributed by atoms with van der Waals surface area (Å²) in [6, 6.07) is 17.1. The Kier molecular flexibility index (Phi) is 6.75. The molecule has 0 bridgehead atoms. The molecule has 0 atom stereocenters. The highest BCUT2D eigenvalue weighted by atomic mass is 35.5. The minimum absolute atomic E-state index is 0.0977. The number of nitro benzene ring substituents is 1. The molecular weight excluding hydrogens is 454 g/mol. The van der Waals surface area contributed by atoms with E-state index in [4.69, 9.17) is 16.3 Å². The first kappa shape index (κ1) is 22.8. The van der Waals surface area contributed by atoms with Crippen molar-refractivity contribution in [1.82, 2.24) is 9.97 Å². The summed E-state index contributed by atoms with van der Waals surface area (Å²) in [6.45, 7) is 1.98. The van der Waals surface area contributed by atoms with E-state index in [0.717, 1.165) is 22.0 Å². The summed E-state index contributed by atoms with van der Waals surface area (Å²) >= 11 is 6.05. The van der Waals surface area contributed by atoms with E-state index < -0.39 is 4.92 Å². The number of non-ortho nitro benzene ring substituents is 1. The Labute approximate surface area is 200 Å². The number of hydrogen-bond donors (Lipinski definition) is 0. The lowest BCUT2D eigenvalue weighted by Crippen LogP contribution is -1.92. The zero-order valence-corrected chi connectivity index (χ0v) is 18.8. The van der Waals surface area contributed by atoms with Gasteiger partial charge in [-0.2, -0.15) is 0 Å². The normalized spacial score (nSPS) is 11.4. The van der Waals surface area contributed by atoms with Crippen molar-refractivity contribution in [1.29, 1.82) is 0 Å². The second-order valence-corrected chi connectivity index (χ2v) is 7.76. The summed E-state index contributed by atoms with van der Waals surface area (Å²) in [4.78, 5) is 31.1. The Morgan fingerprint density at radius 2 is 1.79 bits per heavy atom.